The first kappa shape index (κ1) is 44.6. The van der Waals surface area contributed by atoms with E-state index in [9.17, 15) is 14.7 Å². The van der Waals surface area contributed by atoms with Crippen LogP contribution in [0.2, 0.25) is 0 Å². The number of hydrogen-bond acceptors (Lipinski definition) is 5. The lowest BCUT2D eigenvalue weighted by atomic mass is 10.1. The lowest BCUT2D eigenvalue weighted by molar-refractivity contribution is -0.161. The molecule has 0 aliphatic heterocycles. The van der Waals surface area contributed by atoms with Crippen molar-refractivity contribution >= 4 is 11.9 Å². The average molecular weight is 657 g/mol. The van der Waals surface area contributed by atoms with Gasteiger partial charge in [-0.25, -0.2) is 0 Å². The van der Waals surface area contributed by atoms with Crippen LogP contribution < -0.4 is 0 Å². The number of rotatable bonds is 34. The zero-order valence-electron chi connectivity index (χ0n) is 30.5. The Hall–Kier alpha value is -2.40. The van der Waals surface area contributed by atoms with E-state index in [1.54, 1.807) is 0 Å². The first-order valence-corrected chi connectivity index (χ1v) is 19.3. The maximum atomic E-state index is 12.2. The topological polar surface area (TPSA) is 72.8 Å². The number of allylic oxidation sites excluding steroid dienone is 10. The third-order valence-electron chi connectivity index (χ3n) is 8.05. The summed E-state index contributed by atoms with van der Waals surface area (Å²) in [7, 11) is 0. The van der Waals surface area contributed by atoms with E-state index in [0.29, 0.717) is 12.8 Å². The molecule has 0 bridgehead atoms. The van der Waals surface area contributed by atoms with Gasteiger partial charge in [0.1, 0.15) is 6.61 Å². The van der Waals surface area contributed by atoms with Crippen LogP contribution in [0.25, 0.3) is 0 Å². The minimum atomic E-state index is -0.783. The fraction of sp³-hybridized carbons (Fsp3) is 0.714. The molecule has 0 fully saturated rings. The molecule has 5 nitrogen and oxygen atoms in total. The molecule has 1 N–H and O–H groups in total. The van der Waals surface area contributed by atoms with Crippen LogP contribution in [0.4, 0.5) is 0 Å². The van der Waals surface area contributed by atoms with Crippen molar-refractivity contribution in [2.75, 3.05) is 13.2 Å². The van der Waals surface area contributed by atoms with Gasteiger partial charge in [-0.2, -0.15) is 0 Å². The van der Waals surface area contributed by atoms with Gasteiger partial charge in [0, 0.05) is 12.8 Å². The molecular weight excluding hydrogens is 584 g/mol. The van der Waals surface area contributed by atoms with Gasteiger partial charge in [-0.1, -0.05) is 145 Å². The number of ether oxygens (including phenoxy) is 2. The third kappa shape index (κ3) is 36.3. The second kappa shape index (κ2) is 38.1. The third-order valence-corrected chi connectivity index (χ3v) is 8.05. The molecule has 0 heterocycles. The van der Waals surface area contributed by atoms with Gasteiger partial charge in [-0.05, 0) is 77.0 Å². The summed E-state index contributed by atoms with van der Waals surface area (Å²) < 4.78 is 10.6. The van der Waals surface area contributed by atoms with Crippen molar-refractivity contribution in [1.82, 2.24) is 0 Å². The Labute approximate surface area is 290 Å². The smallest absolute Gasteiger partial charge is 0.306 e. The molecule has 0 aliphatic rings. The number of esters is 2. The van der Waals surface area contributed by atoms with Crippen molar-refractivity contribution in [2.24, 2.45) is 0 Å². The molecule has 0 amide bonds. The van der Waals surface area contributed by atoms with E-state index in [0.717, 1.165) is 77.0 Å². The average Bonchev–Trinajstić information content (AvgIpc) is 3.07. The Kier molecular flexibility index (Phi) is 36.1. The van der Waals surface area contributed by atoms with E-state index in [2.05, 4.69) is 74.6 Å². The van der Waals surface area contributed by atoms with E-state index in [1.807, 2.05) is 0 Å². The maximum absolute atomic E-state index is 12.2. The molecule has 0 saturated heterocycles. The minimum Gasteiger partial charge on any atom is -0.462 e. The predicted octanol–water partition coefficient (Wildman–Crippen LogP) is 12.0. The normalized spacial score (nSPS) is 12.8. The second-order valence-corrected chi connectivity index (χ2v) is 12.6. The summed E-state index contributed by atoms with van der Waals surface area (Å²) in [5.74, 6) is -0.621. The molecule has 270 valence electrons. The van der Waals surface area contributed by atoms with Gasteiger partial charge in [0.25, 0.3) is 0 Å². The molecule has 0 rings (SSSR count). The van der Waals surface area contributed by atoms with Gasteiger partial charge in [0.15, 0.2) is 6.10 Å². The van der Waals surface area contributed by atoms with E-state index in [-0.39, 0.29) is 25.2 Å². The van der Waals surface area contributed by atoms with E-state index in [4.69, 9.17) is 9.47 Å². The highest BCUT2D eigenvalue weighted by atomic mass is 16.6. The van der Waals surface area contributed by atoms with E-state index < -0.39 is 6.10 Å². The summed E-state index contributed by atoms with van der Waals surface area (Å²) in [6.45, 7) is 3.98. The maximum Gasteiger partial charge on any atom is 0.306 e. The van der Waals surface area contributed by atoms with Gasteiger partial charge < -0.3 is 14.6 Å². The van der Waals surface area contributed by atoms with Crippen LogP contribution in [-0.2, 0) is 19.1 Å². The molecule has 0 spiro atoms. The van der Waals surface area contributed by atoms with Crippen LogP contribution >= 0.6 is 0 Å². The molecular formula is C42H72O5. The van der Waals surface area contributed by atoms with Crippen LogP contribution in [0, 0.1) is 0 Å². The summed E-state index contributed by atoms with van der Waals surface area (Å²) in [6.07, 6.45) is 48.5. The molecule has 0 aromatic heterocycles. The highest BCUT2D eigenvalue weighted by Crippen LogP contribution is 2.12. The van der Waals surface area contributed by atoms with E-state index >= 15 is 0 Å². The lowest BCUT2D eigenvalue weighted by Crippen LogP contribution is -2.28. The summed E-state index contributed by atoms with van der Waals surface area (Å²) in [6, 6.07) is 0. The standard InChI is InChI=1S/C42H72O5/c1-3-5-7-9-11-13-15-17-19-20-21-22-23-25-27-29-31-33-35-37-42(45)47-40(38-43)39-46-41(44)36-34-32-30-28-26-24-18-16-14-12-10-8-6-4-2/h5,7,11,13,16-19,21-22,40,43H,3-4,6,8-10,12,14-15,20,23-39H2,1-2H3/b7-5-,13-11-,18-16-,19-17-,22-21-. The summed E-state index contributed by atoms with van der Waals surface area (Å²) in [5.41, 5.74) is 0. The SMILES string of the molecule is CC/C=C\C/C=C\C/C=C\C/C=C\CCCCCCCCC(=O)OC(CO)COC(=O)CCCCCCC/C=C\CCCCCCC. The van der Waals surface area contributed by atoms with Crippen LogP contribution in [0.15, 0.2) is 60.8 Å². The molecule has 1 atom stereocenters. The van der Waals surface area contributed by atoms with Crippen molar-refractivity contribution in [2.45, 2.75) is 180 Å². The van der Waals surface area contributed by atoms with Crippen molar-refractivity contribution in [3.05, 3.63) is 60.8 Å². The zero-order chi connectivity index (χ0) is 34.3. The first-order chi connectivity index (χ1) is 23.1. The van der Waals surface area contributed by atoms with Crippen molar-refractivity contribution in [3.63, 3.8) is 0 Å². The molecule has 0 radical (unpaired) electrons. The van der Waals surface area contributed by atoms with E-state index in [1.165, 1.54) is 70.6 Å². The summed E-state index contributed by atoms with van der Waals surface area (Å²) in [5, 5.41) is 9.54. The predicted molar refractivity (Wildman–Crippen MR) is 200 cm³/mol. The number of carbonyl (C=O) groups is 2. The lowest BCUT2D eigenvalue weighted by Gasteiger charge is -2.15. The Morgan fingerprint density at radius 3 is 1.40 bits per heavy atom. The van der Waals surface area contributed by atoms with Crippen molar-refractivity contribution in [3.8, 4) is 0 Å². The Morgan fingerprint density at radius 1 is 0.511 bits per heavy atom. The van der Waals surface area contributed by atoms with Crippen molar-refractivity contribution in [1.29, 1.82) is 0 Å². The molecule has 0 aliphatic carbocycles. The van der Waals surface area contributed by atoms with Crippen molar-refractivity contribution < 1.29 is 24.2 Å². The van der Waals surface area contributed by atoms with Gasteiger partial charge in [-0.15, -0.1) is 0 Å². The minimum absolute atomic E-state index is 0.0781. The molecule has 0 aromatic carbocycles. The van der Waals surface area contributed by atoms with Gasteiger partial charge in [0.2, 0.25) is 0 Å². The number of aliphatic hydroxyl groups excluding tert-OH is 1. The highest BCUT2D eigenvalue weighted by Gasteiger charge is 2.16. The molecule has 0 saturated carbocycles. The molecule has 0 aromatic rings. The van der Waals surface area contributed by atoms with Crippen LogP contribution in [0.3, 0.4) is 0 Å². The fourth-order valence-electron chi connectivity index (χ4n) is 5.13. The number of carbonyl (C=O) groups excluding carboxylic acids is 2. The summed E-state index contributed by atoms with van der Waals surface area (Å²) in [4.78, 5) is 24.2. The molecule has 1 unspecified atom stereocenters. The monoisotopic (exact) mass is 657 g/mol. The van der Waals surface area contributed by atoms with Crippen LogP contribution in [-0.4, -0.2) is 36.4 Å². The Bertz CT molecular complexity index is 838. The number of hydrogen-bond donors (Lipinski definition) is 1. The van der Waals surface area contributed by atoms with Gasteiger partial charge in [-0.3, -0.25) is 9.59 Å². The first-order valence-electron chi connectivity index (χ1n) is 19.3. The Balaban J connectivity index is 3.62. The van der Waals surface area contributed by atoms with Crippen LogP contribution in [0.1, 0.15) is 174 Å². The van der Waals surface area contributed by atoms with Gasteiger partial charge >= 0.3 is 11.9 Å². The number of unbranched alkanes of at least 4 members (excludes halogenated alkanes) is 16. The second-order valence-electron chi connectivity index (χ2n) is 12.6. The highest BCUT2D eigenvalue weighted by molar-refractivity contribution is 5.70. The fourth-order valence-corrected chi connectivity index (χ4v) is 5.13. The molecule has 47 heavy (non-hydrogen) atoms. The summed E-state index contributed by atoms with van der Waals surface area (Å²) >= 11 is 0. The number of aliphatic hydroxyl groups is 1. The van der Waals surface area contributed by atoms with Gasteiger partial charge in [0.05, 0.1) is 6.61 Å². The molecule has 5 heteroatoms. The van der Waals surface area contributed by atoms with Crippen LogP contribution in [0.5, 0.6) is 0 Å². The largest absolute Gasteiger partial charge is 0.462 e. The quantitative estimate of drug-likeness (QED) is 0.0424. The zero-order valence-corrected chi connectivity index (χ0v) is 30.5. The Morgan fingerprint density at radius 2 is 0.915 bits per heavy atom.